The number of amides is 1. The molecule has 0 aromatic heterocycles. The monoisotopic (exact) mass is 312 g/mol. The van der Waals surface area contributed by atoms with Gasteiger partial charge in [-0.1, -0.05) is 56.3 Å². The third kappa shape index (κ3) is 3.73. The summed E-state index contributed by atoms with van der Waals surface area (Å²) in [6.45, 7) is 5.31. The summed E-state index contributed by atoms with van der Waals surface area (Å²) in [4.78, 5) is 14.1. The van der Waals surface area contributed by atoms with Gasteiger partial charge in [0, 0.05) is 11.8 Å². The molecular weight excluding hydrogens is 284 g/mol. The molecule has 0 radical (unpaired) electrons. The quantitative estimate of drug-likeness (QED) is 0.849. The van der Waals surface area contributed by atoms with E-state index in [1.54, 1.807) is 0 Å². The molecule has 124 valence electrons. The van der Waals surface area contributed by atoms with Crippen LogP contribution in [-0.4, -0.2) is 31.4 Å². The summed E-state index contributed by atoms with van der Waals surface area (Å²) in [5.41, 5.74) is 6.65. The van der Waals surface area contributed by atoms with Gasteiger partial charge in [0.2, 0.25) is 5.91 Å². The predicted molar refractivity (Wildman–Crippen MR) is 97.4 cm³/mol. The lowest BCUT2D eigenvalue weighted by molar-refractivity contribution is -0.119. The van der Waals surface area contributed by atoms with E-state index in [2.05, 4.69) is 75.3 Å². The molecule has 23 heavy (non-hydrogen) atoms. The van der Waals surface area contributed by atoms with E-state index in [0.717, 1.165) is 13.0 Å². The molecule has 0 heterocycles. The molecule has 2 aromatic carbocycles. The van der Waals surface area contributed by atoms with Gasteiger partial charge in [-0.05, 0) is 49.3 Å². The third-order valence-electron chi connectivity index (χ3n) is 4.93. The maximum atomic E-state index is 11.9. The lowest BCUT2D eigenvalue weighted by Gasteiger charge is -2.39. The van der Waals surface area contributed by atoms with Crippen LogP contribution in [0, 0.1) is 5.92 Å². The maximum Gasteiger partial charge on any atom is 0.218 e. The summed E-state index contributed by atoms with van der Waals surface area (Å²) < 4.78 is 0. The highest BCUT2D eigenvalue weighted by molar-refractivity contribution is 5.88. The normalized spacial score (nSPS) is 14.3. The lowest BCUT2D eigenvalue weighted by atomic mass is 9.65. The molecule has 3 nitrogen and oxygen atoms in total. The topological polar surface area (TPSA) is 46.3 Å². The van der Waals surface area contributed by atoms with Gasteiger partial charge in [-0.2, -0.15) is 0 Å². The fourth-order valence-corrected chi connectivity index (χ4v) is 3.52. The van der Waals surface area contributed by atoms with Crippen molar-refractivity contribution in [3.8, 4) is 0 Å². The molecule has 2 aromatic rings. The Bertz CT molecular complexity index is 673. The number of rotatable bonds is 7. The van der Waals surface area contributed by atoms with Crippen molar-refractivity contribution in [1.82, 2.24) is 4.90 Å². The van der Waals surface area contributed by atoms with Crippen LogP contribution in [0.15, 0.2) is 42.5 Å². The van der Waals surface area contributed by atoms with Gasteiger partial charge in [0.05, 0.1) is 0 Å². The molecule has 0 spiro atoms. The van der Waals surface area contributed by atoms with Crippen LogP contribution in [0.5, 0.6) is 0 Å². The number of benzene rings is 2. The van der Waals surface area contributed by atoms with Crippen molar-refractivity contribution >= 4 is 16.7 Å². The molecule has 2 rings (SSSR count). The van der Waals surface area contributed by atoms with Crippen molar-refractivity contribution in [2.24, 2.45) is 11.7 Å². The second-order valence-corrected chi connectivity index (χ2v) is 7.03. The Hall–Kier alpha value is -1.87. The van der Waals surface area contributed by atoms with E-state index in [0.29, 0.717) is 12.3 Å². The van der Waals surface area contributed by atoms with Gasteiger partial charge < -0.3 is 10.6 Å². The Kier molecular flexibility index (Phi) is 5.42. The van der Waals surface area contributed by atoms with E-state index >= 15 is 0 Å². The van der Waals surface area contributed by atoms with Gasteiger partial charge >= 0.3 is 0 Å². The zero-order valence-electron chi connectivity index (χ0n) is 14.7. The second-order valence-electron chi connectivity index (χ2n) is 7.03. The molecule has 0 unspecified atom stereocenters. The number of hydrogen-bond acceptors (Lipinski definition) is 2. The molecule has 3 heteroatoms. The summed E-state index contributed by atoms with van der Waals surface area (Å²) in [6, 6.07) is 14.8. The van der Waals surface area contributed by atoms with Crippen molar-refractivity contribution in [2.45, 2.75) is 32.1 Å². The number of carbonyl (C=O) groups is 1. The Morgan fingerprint density at radius 1 is 1.13 bits per heavy atom. The van der Waals surface area contributed by atoms with E-state index in [1.807, 2.05) is 0 Å². The number of carbonyl (C=O) groups excluding carboxylic acids is 1. The first kappa shape index (κ1) is 17.5. The fraction of sp³-hybridized carbons (Fsp3) is 0.450. The first-order chi connectivity index (χ1) is 10.9. The molecular formula is C20H28N2O. The molecule has 0 aliphatic rings. The van der Waals surface area contributed by atoms with Gasteiger partial charge in [-0.15, -0.1) is 0 Å². The number of primary amides is 1. The van der Waals surface area contributed by atoms with Crippen LogP contribution in [0.25, 0.3) is 10.8 Å². The Morgan fingerprint density at radius 3 is 2.39 bits per heavy atom. The van der Waals surface area contributed by atoms with Crippen LogP contribution < -0.4 is 5.73 Å². The number of nitrogens with zero attached hydrogens (tertiary/aromatic N) is 1. The Balaban J connectivity index is 2.64. The average molecular weight is 312 g/mol. The van der Waals surface area contributed by atoms with E-state index in [4.69, 9.17) is 5.73 Å². The van der Waals surface area contributed by atoms with Gasteiger partial charge in [-0.25, -0.2) is 0 Å². The van der Waals surface area contributed by atoms with Gasteiger partial charge in [-0.3, -0.25) is 4.79 Å². The van der Waals surface area contributed by atoms with Crippen LogP contribution in [0.2, 0.25) is 0 Å². The fourth-order valence-electron chi connectivity index (χ4n) is 3.52. The van der Waals surface area contributed by atoms with E-state index in [-0.39, 0.29) is 11.3 Å². The molecule has 0 fully saturated rings. The van der Waals surface area contributed by atoms with Crippen molar-refractivity contribution < 1.29 is 4.79 Å². The number of fused-ring (bicyclic) bond motifs is 1. The van der Waals surface area contributed by atoms with Gasteiger partial charge in [0.25, 0.3) is 0 Å². The molecule has 0 bridgehead atoms. The predicted octanol–water partition coefficient (Wildman–Crippen LogP) is 3.56. The Labute approximate surface area is 139 Å². The zero-order valence-corrected chi connectivity index (χ0v) is 14.7. The van der Waals surface area contributed by atoms with E-state index in [9.17, 15) is 4.79 Å². The third-order valence-corrected chi connectivity index (χ3v) is 4.93. The van der Waals surface area contributed by atoms with Crippen LogP contribution in [0.1, 0.15) is 32.3 Å². The summed E-state index contributed by atoms with van der Waals surface area (Å²) in [6.07, 6.45) is 1.29. The van der Waals surface area contributed by atoms with Crippen LogP contribution in [0.3, 0.4) is 0 Å². The standard InChI is InChI=1S/C20H28N2O/c1-15(2)20(14-19(21)23,12-13-22(3)4)18-11-7-9-16-8-5-6-10-17(16)18/h5-11,15H,12-14H2,1-4H3,(H2,21,23)/t20-/m0/s1. The molecule has 0 aliphatic carbocycles. The second kappa shape index (κ2) is 7.14. The smallest absolute Gasteiger partial charge is 0.218 e. The highest BCUT2D eigenvalue weighted by Gasteiger charge is 2.38. The summed E-state index contributed by atoms with van der Waals surface area (Å²) >= 11 is 0. The SMILES string of the molecule is CC(C)[C@](CCN(C)C)(CC(N)=O)c1cccc2ccccc12. The average Bonchev–Trinajstić information content (AvgIpc) is 2.50. The number of nitrogens with two attached hydrogens (primary N) is 1. The van der Waals surface area contributed by atoms with Gasteiger partial charge in [0.1, 0.15) is 0 Å². The molecule has 1 atom stereocenters. The van der Waals surface area contributed by atoms with Crippen molar-refractivity contribution in [1.29, 1.82) is 0 Å². The minimum atomic E-state index is -0.239. The first-order valence-corrected chi connectivity index (χ1v) is 8.28. The lowest BCUT2D eigenvalue weighted by Crippen LogP contribution is -2.39. The molecule has 1 amide bonds. The van der Waals surface area contributed by atoms with Crippen molar-refractivity contribution in [3.05, 3.63) is 48.0 Å². The minimum absolute atomic E-state index is 0.231. The summed E-state index contributed by atoms with van der Waals surface area (Å²) in [5.74, 6) is 0.0890. The molecule has 0 aliphatic heterocycles. The van der Waals surface area contributed by atoms with E-state index in [1.165, 1.54) is 16.3 Å². The highest BCUT2D eigenvalue weighted by Crippen LogP contribution is 2.42. The van der Waals surface area contributed by atoms with Gasteiger partial charge in [0.15, 0.2) is 0 Å². The maximum absolute atomic E-state index is 11.9. The van der Waals surface area contributed by atoms with Crippen molar-refractivity contribution in [2.75, 3.05) is 20.6 Å². The van der Waals surface area contributed by atoms with Crippen molar-refractivity contribution in [3.63, 3.8) is 0 Å². The largest absolute Gasteiger partial charge is 0.370 e. The van der Waals surface area contributed by atoms with Crippen LogP contribution >= 0.6 is 0 Å². The molecule has 0 saturated heterocycles. The number of hydrogen-bond donors (Lipinski definition) is 1. The molecule has 2 N–H and O–H groups in total. The van der Waals surface area contributed by atoms with E-state index < -0.39 is 0 Å². The first-order valence-electron chi connectivity index (χ1n) is 8.28. The summed E-state index contributed by atoms with van der Waals surface area (Å²) in [7, 11) is 4.14. The minimum Gasteiger partial charge on any atom is -0.370 e. The highest BCUT2D eigenvalue weighted by atomic mass is 16.1. The summed E-state index contributed by atoms with van der Waals surface area (Å²) in [5, 5.41) is 2.44. The molecule has 0 saturated carbocycles. The van der Waals surface area contributed by atoms with Crippen LogP contribution in [-0.2, 0) is 10.2 Å². The zero-order chi connectivity index (χ0) is 17.0. The van der Waals surface area contributed by atoms with Crippen LogP contribution in [0.4, 0.5) is 0 Å². The Morgan fingerprint density at radius 2 is 1.78 bits per heavy atom.